The molecule has 0 bridgehead atoms. The molecule has 560 valence electrons. The normalized spacial score (nSPS) is 13.0. The average molecular weight is 1460 g/mol. The van der Waals surface area contributed by atoms with E-state index in [1.807, 2.05) is 0 Å². The zero-order valence-corrected chi connectivity index (χ0v) is 59.7. The van der Waals surface area contributed by atoms with E-state index >= 15 is 0 Å². The predicted octanol–water partition coefficient (Wildman–Crippen LogP) is 1.30. The van der Waals surface area contributed by atoms with Crippen LogP contribution in [0.15, 0.2) is 98.2 Å². The van der Waals surface area contributed by atoms with Crippen molar-refractivity contribution in [1.82, 2.24) is 73.0 Å². The second-order valence-electron chi connectivity index (χ2n) is 25.5. The van der Waals surface area contributed by atoms with Gasteiger partial charge in [-0.3, -0.25) is 67.7 Å². The van der Waals surface area contributed by atoms with Gasteiger partial charge in [0.05, 0.1) is 39.8 Å². The maximum Gasteiger partial charge on any atom is 0.291 e. The fourth-order valence-corrected chi connectivity index (χ4v) is 11.9. The van der Waals surface area contributed by atoms with E-state index in [4.69, 9.17) is 16.9 Å². The van der Waals surface area contributed by atoms with Crippen molar-refractivity contribution in [3.63, 3.8) is 0 Å². The minimum atomic E-state index is -1.03. The molecule has 0 radical (unpaired) electrons. The lowest BCUT2D eigenvalue weighted by molar-refractivity contribution is -0.141. The van der Waals surface area contributed by atoms with Crippen LogP contribution in [0.5, 0.6) is 0 Å². The third kappa shape index (κ3) is 19.2. The number of hydrogen-bond donors (Lipinski definition) is 15. The summed E-state index contributed by atoms with van der Waals surface area (Å²) < 4.78 is 12.1. The molecule has 0 saturated carbocycles. The number of carbonyl (C=O) groups is 13. The molecule has 38 nitrogen and oxygen atoms in total. The molecule has 0 aromatic carbocycles. The van der Waals surface area contributed by atoms with Gasteiger partial charge in [0.1, 0.15) is 58.0 Å². The number of primary amides is 1. The number of likely N-dealkylation sites (tertiary alicyclic amines) is 1. The maximum atomic E-state index is 13.6. The number of carbonyl (C=O) groups excluding carboxylic acids is 13. The van der Waals surface area contributed by atoms with Gasteiger partial charge in [-0.1, -0.05) is 0 Å². The van der Waals surface area contributed by atoms with Crippen molar-refractivity contribution < 1.29 is 62.3 Å². The van der Waals surface area contributed by atoms with Gasteiger partial charge in [0.2, 0.25) is 29.5 Å². The van der Waals surface area contributed by atoms with Gasteiger partial charge < -0.3 is 117 Å². The summed E-state index contributed by atoms with van der Waals surface area (Å²) in [5, 5.41) is 39.9. The standard InChI is InChI=1S/C68H85N25O13/c1-37(67(106)93-21-12-14-46(93)60(99)84-45(56(69)96)13-10-18-75-68(70)71)76-55(95)16-19-74-59(98)48-25-40(32-87(48)4)79-63(102)51-27-42(34-89(51)6)81-64(103)52-26-41(33-91(52)8)80-61(100)49-23-38(30-88(49)5)77-54(94)15-11-17-73-58(97)47-24-39(31-86(47)3)78-62(101)50-28-43(35-90(50)7)82-65(104)53-29-44(36-92(53)9)83-66(105)57-72-20-22-85(57)2/h20,22-37,45-46H,10-19,21H2,1-9H3,(H2,69,96)(H,73,97)(H,74,98)(H,76,95)(H,77,94)(H,78,101)(H,79,102)(H,80,100)(H,81,103)(H,82,104)(H,83,105)(H,84,99)(H4,70,71,75). The van der Waals surface area contributed by atoms with Crippen LogP contribution in [0.3, 0.4) is 0 Å². The van der Waals surface area contributed by atoms with Crippen LogP contribution < -0.4 is 75.3 Å². The fourth-order valence-electron chi connectivity index (χ4n) is 11.9. The summed E-state index contributed by atoms with van der Waals surface area (Å²) in [6.45, 7) is 2.01. The van der Waals surface area contributed by atoms with Crippen molar-refractivity contribution in [3.05, 3.63) is 144 Å². The van der Waals surface area contributed by atoms with Gasteiger partial charge in [0.25, 0.3) is 47.3 Å². The van der Waals surface area contributed by atoms with Gasteiger partial charge in [0, 0.05) is 151 Å². The van der Waals surface area contributed by atoms with Crippen LogP contribution >= 0.6 is 0 Å². The highest BCUT2D eigenvalue weighted by Crippen LogP contribution is 2.25. The van der Waals surface area contributed by atoms with E-state index in [-0.39, 0.29) is 126 Å². The zero-order valence-electron chi connectivity index (χ0n) is 59.7. The molecule has 8 aromatic heterocycles. The summed E-state index contributed by atoms with van der Waals surface area (Å²) in [5.41, 5.74) is 14.2. The van der Waals surface area contributed by atoms with Crippen LogP contribution in [0.4, 0.5) is 39.8 Å². The molecule has 17 N–H and O–H groups in total. The van der Waals surface area contributed by atoms with Crippen LogP contribution in [-0.2, 0) is 80.4 Å². The van der Waals surface area contributed by atoms with Crippen molar-refractivity contribution >= 4 is 123 Å². The fraction of sp³-hybridized carbons (Fsp3) is 0.338. The summed E-state index contributed by atoms with van der Waals surface area (Å²) in [5.74, 6) is -6.99. The van der Waals surface area contributed by atoms with Crippen molar-refractivity contribution in [2.45, 2.75) is 70.0 Å². The van der Waals surface area contributed by atoms with Crippen LogP contribution in [-0.4, -0.2) is 173 Å². The first-order valence-electron chi connectivity index (χ1n) is 33.4. The lowest BCUT2D eigenvalue weighted by Crippen LogP contribution is -2.55. The molecule has 0 spiro atoms. The molecule has 9 rings (SSSR count). The molecule has 106 heavy (non-hydrogen) atoms. The molecular formula is C68H85N25O13. The third-order valence-electron chi connectivity index (χ3n) is 17.3. The van der Waals surface area contributed by atoms with Crippen LogP contribution in [0.2, 0.25) is 0 Å². The number of hydrogen-bond acceptors (Lipinski definition) is 15. The molecule has 0 aliphatic carbocycles. The van der Waals surface area contributed by atoms with E-state index in [1.165, 1.54) is 106 Å². The van der Waals surface area contributed by atoms with Crippen molar-refractivity contribution in [2.24, 2.45) is 67.8 Å². The SMILES string of the molecule is CC(NC(=O)CCNC(=O)c1cc(NC(=O)c2cc(NC(=O)c3cc(NC(=O)c4cc(NC(=O)CCCNC(=O)c5cc(NC(=O)c6cc(NC(=O)c7cc(NC(=O)c8nccn8C)cn7C)cn6C)cn5C)cn4C)cn3C)cn2C)cn1C)C(=O)N1CCCC1C(=O)NC(CCCNC(=N)N)C(N)=O. The number of imidazole rings is 1. The molecule has 38 heteroatoms. The Hall–Kier alpha value is -13.4. The van der Waals surface area contributed by atoms with Crippen LogP contribution in [0.1, 0.15) is 136 Å². The summed E-state index contributed by atoms with van der Waals surface area (Å²) in [7, 11) is 13.0. The second kappa shape index (κ2) is 33.6. The summed E-state index contributed by atoms with van der Waals surface area (Å²) in [4.78, 5) is 177. The highest BCUT2D eigenvalue weighted by Gasteiger charge is 2.38. The molecular weight excluding hydrogens is 1370 g/mol. The first-order chi connectivity index (χ1) is 50.3. The molecule has 8 aromatic rings. The Kier molecular flexibility index (Phi) is 24.3. The van der Waals surface area contributed by atoms with Gasteiger partial charge in [-0.05, 0) is 81.5 Å². The van der Waals surface area contributed by atoms with E-state index in [1.54, 1.807) is 96.5 Å². The van der Waals surface area contributed by atoms with Crippen molar-refractivity contribution in [1.29, 1.82) is 5.41 Å². The number of nitrogens with one attached hydrogen (secondary N) is 13. The number of aromatic nitrogens is 9. The molecule has 3 unspecified atom stereocenters. The van der Waals surface area contributed by atoms with Gasteiger partial charge >= 0.3 is 0 Å². The van der Waals surface area contributed by atoms with E-state index in [0.717, 1.165) is 0 Å². The largest absolute Gasteiger partial charge is 0.370 e. The quantitative estimate of drug-likeness (QED) is 0.0165. The topological polar surface area (TPSA) is 498 Å². The maximum absolute atomic E-state index is 13.6. The molecule has 3 atom stereocenters. The Morgan fingerprint density at radius 3 is 1.20 bits per heavy atom. The summed E-state index contributed by atoms with van der Waals surface area (Å²) in [6.07, 6.45) is 15.4. The summed E-state index contributed by atoms with van der Waals surface area (Å²) in [6, 6.07) is 7.38. The monoisotopic (exact) mass is 1460 g/mol. The Labute approximate surface area is 606 Å². The lowest BCUT2D eigenvalue weighted by Gasteiger charge is -2.28. The predicted molar refractivity (Wildman–Crippen MR) is 389 cm³/mol. The van der Waals surface area contributed by atoms with E-state index < -0.39 is 89.0 Å². The van der Waals surface area contributed by atoms with E-state index in [9.17, 15) is 62.3 Å². The molecule has 1 aliphatic rings. The first kappa shape index (κ1) is 76.7. The molecule has 1 saturated heterocycles. The number of nitrogens with zero attached hydrogens (tertiary/aromatic N) is 10. The number of aryl methyl sites for hydroxylation is 8. The van der Waals surface area contributed by atoms with E-state index in [2.05, 4.69) is 68.8 Å². The third-order valence-corrected chi connectivity index (χ3v) is 17.3. The van der Waals surface area contributed by atoms with E-state index in [0.29, 0.717) is 42.0 Å². The van der Waals surface area contributed by atoms with Crippen LogP contribution in [0, 0.1) is 5.41 Å². The molecule has 1 fully saturated rings. The van der Waals surface area contributed by atoms with Gasteiger partial charge in [-0.25, -0.2) is 4.98 Å². The van der Waals surface area contributed by atoms with Gasteiger partial charge in [-0.2, -0.15) is 0 Å². The Balaban J connectivity index is 0.671. The smallest absolute Gasteiger partial charge is 0.291 e. The zero-order chi connectivity index (χ0) is 77.0. The Morgan fingerprint density at radius 2 is 0.821 bits per heavy atom. The average Bonchev–Trinajstić information content (AvgIpc) is 1.68. The first-order valence-corrected chi connectivity index (χ1v) is 33.4. The minimum absolute atomic E-state index is 0.0119. The Bertz CT molecular complexity index is 4760. The van der Waals surface area contributed by atoms with Gasteiger partial charge in [0.15, 0.2) is 11.8 Å². The number of anilines is 7. The lowest BCUT2D eigenvalue weighted by atomic mass is 10.1. The highest BCUT2D eigenvalue weighted by molar-refractivity contribution is 6.11. The van der Waals surface area contributed by atoms with Gasteiger partial charge in [-0.15, -0.1) is 0 Å². The number of amides is 13. The molecule has 9 heterocycles. The highest BCUT2D eigenvalue weighted by atomic mass is 16.2. The molecule has 1 aliphatic heterocycles. The van der Waals surface area contributed by atoms with Crippen LogP contribution in [0.25, 0.3) is 0 Å². The van der Waals surface area contributed by atoms with Crippen molar-refractivity contribution in [2.75, 3.05) is 63.4 Å². The number of rotatable bonds is 31. The minimum Gasteiger partial charge on any atom is -0.370 e. The van der Waals surface area contributed by atoms with Crippen molar-refractivity contribution in [3.8, 4) is 0 Å². The molecule has 13 amide bonds. The number of guanidine groups is 1. The summed E-state index contributed by atoms with van der Waals surface area (Å²) >= 11 is 0. The number of nitrogens with two attached hydrogens (primary N) is 2. The second-order valence-corrected chi connectivity index (χ2v) is 25.5. The Morgan fingerprint density at radius 1 is 0.453 bits per heavy atom.